The van der Waals surface area contributed by atoms with Gasteiger partial charge in [0.05, 0.1) is 4.90 Å². The van der Waals surface area contributed by atoms with E-state index >= 15 is 0 Å². The molecule has 0 aromatic heterocycles. The molecule has 1 aliphatic heterocycles. The number of carbonyl (C=O) groups is 1. The average molecular weight is 407 g/mol. The molecular weight excluding hydrogens is 372 g/mol. The van der Waals surface area contributed by atoms with Gasteiger partial charge in [-0.05, 0) is 69.4 Å². The molecule has 1 heterocycles. The molecule has 156 valence electrons. The molecular formula is C22H34N2O3S. The Labute approximate surface area is 170 Å². The third-order valence-electron chi connectivity index (χ3n) is 5.93. The lowest BCUT2D eigenvalue weighted by atomic mass is 9.94. The SMILES string of the molecule is CCCN(CC1CC1)C(=O)CCC1CCCN(S(=O)(=O)c2ccc(C)cc2)C1. The van der Waals surface area contributed by atoms with Crippen molar-refractivity contribution < 1.29 is 13.2 Å². The largest absolute Gasteiger partial charge is 0.342 e. The van der Waals surface area contributed by atoms with E-state index in [9.17, 15) is 13.2 Å². The van der Waals surface area contributed by atoms with Crippen molar-refractivity contribution in [2.75, 3.05) is 26.2 Å². The normalized spacial score (nSPS) is 20.9. The highest BCUT2D eigenvalue weighted by Crippen LogP contribution is 2.31. The minimum atomic E-state index is -3.44. The second-order valence-corrected chi connectivity index (χ2v) is 10.4. The van der Waals surface area contributed by atoms with Crippen LogP contribution in [-0.4, -0.2) is 49.7 Å². The van der Waals surface area contributed by atoms with Gasteiger partial charge in [-0.3, -0.25) is 4.79 Å². The van der Waals surface area contributed by atoms with Crippen molar-refractivity contribution in [1.82, 2.24) is 9.21 Å². The third kappa shape index (κ3) is 5.57. The van der Waals surface area contributed by atoms with Gasteiger partial charge in [0.25, 0.3) is 0 Å². The van der Waals surface area contributed by atoms with Gasteiger partial charge in [0.2, 0.25) is 15.9 Å². The van der Waals surface area contributed by atoms with E-state index in [4.69, 9.17) is 0 Å². The maximum Gasteiger partial charge on any atom is 0.243 e. The molecule has 5 nitrogen and oxygen atoms in total. The summed E-state index contributed by atoms with van der Waals surface area (Å²) in [5, 5.41) is 0. The van der Waals surface area contributed by atoms with Crippen molar-refractivity contribution in [3.63, 3.8) is 0 Å². The quantitative estimate of drug-likeness (QED) is 0.626. The van der Waals surface area contributed by atoms with Crippen LogP contribution in [0, 0.1) is 18.8 Å². The van der Waals surface area contributed by atoms with Crippen molar-refractivity contribution in [3.05, 3.63) is 29.8 Å². The number of carbonyl (C=O) groups excluding carboxylic acids is 1. The first-order valence-electron chi connectivity index (χ1n) is 10.7. The van der Waals surface area contributed by atoms with Gasteiger partial charge in [0.15, 0.2) is 0 Å². The Kier molecular flexibility index (Phi) is 7.15. The number of benzene rings is 1. The number of amides is 1. The molecule has 1 unspecified atom stereocenters. The Morgan fingerprint density at radius 2 is 1.86 bits per heavy atom. The standard InChI is InChI=1S/C22H34N2O3S/c1-3-14-23(16-20-8-9-20)22(25)13-10-19-5-4-15-24(17-19)28(26,27)21-11-6-18(2)7-12-21/h6-7,11-12,19-20H,3-5,8-10,13-17H2,1-2H3. The van der Waals surface area contributed by atoms with E-state index in [0.29, 0.717) is 30.3 Å². The third-order valence-corrected chi connectivity index (χ3v) is 7.81. The summed E-state index contributed by atoms with van der Waals surface area (Å²) in [7, 11) is -3.44. The van der Waals surface area contributed by atoms with Gasteiger partial charge < -0.3 is 4.90 Å². The summed E-state index contributed by atoms with van der Waals surface area (Å²) >= 11 is 0. The van der Waals surface area contributed by atoms with Crippen LogP contribution in [-0.2, 0) is 14.8 Å². The van der Waals surface area contributed by atoms with Crippen LogP contribution < -0.4 is 0 Å². The lowest BCUT2D eigenvalue weighted by Crippen LogP contribution is -2.40. The molecule has 6 heteroatoms. The van der Waals surface area contributed by atoms with Crippen LogP contribution in [0.5, 0.6) is 0 Å². The summed E-state index contributed by atoms with van der Waals surface area (Å²) in [5.41, 5.74) is 1.05. The van der Waals surface area contributed by atoms with E-state index in [0.717, 1.165) is 44.3 Å². The Bertz CT molecular complexity index is 756. The zero-order valence-corrected chi connectivity index (χ0v) is 18.1. The van der Waals surface area contributed by atoms with Gasteiger partial charge in [0.1, 0.15) is 0 Å². The molecule has 28 heavy (non-hydrogen) atoms. The van der Waals surface area contributed by atoms with Crippen LogP contribution in [0.1, 0.15) is 57.4 Å². The Hall–Kier alpha value is -1.40. The number of piperidine rings is 1. The minimum absolute atomic E-state index is 0.243. The minimum Gasteiger partial charge on any atom is -0.342 e. The first-order chi connectivity index (χ1) is 13.4. The number of hydrogen-bond donors (Lipinski definition) is 0. The number of rotatable bonds is 9. The second kappa shape index (κ2) is 9.40. The van der Waals surface area contributed by atoms with E-state index in [2.05, 4.69) is 6.92 Å². The summed E-state index contributed by atoms with van der Waals surface area (Å²) in [6, 6.07) is 7.07. The fourth-order valence-corrected chi connectivity index (χ4v) is 5.58. The number of hydrogen-bond acceptors (Lipinski definition) is 3. The van der Waals surface area contributed by atoms with Gasteiger partial charge in [-0.25, -0.2) is 8.42 Å². The topological polar surface area (TPSA) is 57.7 Å². The van der Waals surface area contributed by atoms with Gasteiger partial charge in [-0.1, -0.05) is 24.6 Å². The molecule has 2 aliphatic rings. The van der Waals surface area contributed by atoms with Crippen molar-refractivity contribution in [2.45, 2.75) is 63.7 Å². The van der Waals surface area contributed by atoms with Crippen LogP contribution in [0.25, 0.3) is 0 Å². The van der Waals surface area contributed by atoms with Crippen LogP contribution in [0.15, 0.2) is 29.2 Å². The van der Waals surface area contributed by atoms with Crippen molar-refractivity contribution in [2.24, 2.45) is 11.8 Å². The summed E-state index contributed by atoms with van der Waals surface area (Å²) < 4.78 is 27.5. The molecule has 1 atom stereocenters. The van der Waals surface area contributed by atoms with E-state index in [1.807, 2.05) is 24.0 Å². The molecule has 0 N–H and O–H groups in total. The molecule has 1 aromatic rings. The first kappa shape index (κ1) is 21.3. The van der Waals surface area contributed by atoms with Crippen molar-refractivity contribution in [3.8, 4) is 0 Å². The summed E-state index contributed by atoms with van der Waals surface area (Å²) in [5.74, 6) is 1.22. The van der Waals surface area contributed by atoms with E-state index in [1.54, 1.807) is 16.4 Å². The molecule has 0 spiro atoms. The monoisotopic (exact) mass is 406 g/mol. The number of nitrogens with zero attached hydrogens (tertiary/aromatic N) is 2. The van der Waals surface area contributed by atoms with Gasteiger partial charge in [-0.2, -0.15) is 4.31 Å². The molecule has 1 saturated heterocycles. The molecule has 2 fully saturated rings. The second-order valence-electron chi connectivity index (χ2n) is 8.51. The summed E-state index contributed by atoms with van der Waals surface area (Å²) in [4.78, 5) is 15.1. The maximum atomic E-state index is 13.0. The molecule has 1 amide bonds. The van der Waals surface area contributed by atoms with Gasteiger partial charge >= 0.3 is 0 Å². The van der Waals surface area contributed by atoms with Gasteiger partial charge in [-0.15, -0.1) is 0 Å². The Balaban J connectivity index is 1.55. The highest BCUT2D eigenvalue weighted by molar-refractivity contribution is 7.89. The Morgan fingerprint density at radius 3 is 2.50 bits per heavy atom. The zero-order valence-electron chi connectivity index (χ0n) is 17.3. The molecule has 1 saturated carbocycles. The van der Waals surface area contributed by atoms with Crippen molar-refractivity contribution in [1.29, 1.82) is 0 Å². The smallest absolute Gasteiger partial charge is 0.243 e. The van der Waals surface area contributed by atoms with Crippen molar-refractivity contribution >= 4 is 15.9 Å². The molecule has 1 aliphatic carbocycles. The van der Waals surface area contributed by atoms with Crippen LogP contribution in [0.2, 0.25) is 0 Å². The molecule has 3 rings (SSSR count). The highest BCUT2D eigenvalue weighted by atomic mass is 32.2. The average Bonchev–Trinajstić information content (AvgIpc) is 3.50. The summed E-state index contributed by atoms with van der Waals surface area (Å²) in [6.45, 7) is 6.92. The molecule has 0 radical (unpaired) electrons. The van der Waals surface area contributed by atoms with E-state index in [1.165, 1.54) is 12.8 Å². The van der Waals surface area contributed by atoms with Crippen LogP contribution >= 0.6 is 0 Å². The lowest BCUT2D eigenvalue weighted by molar-refractivity contribution is -0.131. The fraction of sp³-hybridized carbons (Fsp3) is 0.682. The van der Waals surface area contributed by atoms with Crippen LogP contribution in [0.3, 0.4) is 0 Å². The predicted octanol–water partition coefficient (Wildman–Crippen LogP) is 3.82. The number of aryl methyl sites for hydroxylation is 1. The fourth-order valence-electron chi connectivity index (χ4n) is 4.03. The number of sulfonamides is 1. The molecule has 0 bridgehead atoms. The predicted molar refractivity (Wildman–Crippen MR) is 111 cm³/mol. The van der Waals surface area contributed by atoms with Crippen LogP contribution in [0.4, 0.5) is 0 Å². The maximum absolute atomic E-state index is 13.0. The first-order valence-corrected chi connectivity index (χ1v) is 12.2. The summed E-state index contributed by atoms with van der Waals surface area (Å²) in [6.07, 6.45) is 6.68. The lowest BCUT2D eigenvalue weighted by Gasteiger charge is -2.32. The molecule has 1 aromatic carbocycles. The van der Waals surface area contributed by atoms with E-state index < -0.39 is 10.0 Å². The Morgan fingerprint density at radius 1 is 1.14 bits per heavy atom. The highest BCUT2D eigenvalue weighted by Gasteiger charge is 2.31. The van der Waals surface area contributed by atoms with E-state index in [-0.39, 0.29) is 11.8 Å². The zero-order chi connectivity index (χ0) is 20.1. The van der Waals surface area contributed by atoms with Gasteiger partial charge in [0, 0.05) is 32.6 Å².